The van der Waals surface area contributed by atoms with Crippen LogP contribution in [0.25, 0.3) is 0 Å². The van der Waals surface area contributed by atoms with Crippen LogP contribution >= 0.6 is 0 Å². The molecule has 0 bridgehead atoms. The van der Waals surface area contributed by atoms with E-state index in [1.165, 1.54) is 56.9 Å². The summed E-state index contributed by atoms with van der Waals surface area (Å²) in [4.78, 5) is 4.29. The summed E-state index contributed by atoms with van der Waals surface area (Å²) < 4.78 is 5.53. The molecule has 0 aliphatic rings. The lowest BCUT2D eigenvalue weighted by atomic mass is 10.0. The van der Waals surface area contributed by atoms with Crippen LogP contribution in [0.1, 0.15) is 76.8 Å². The zero-order chi connectivity index (χ0) is 15.3. The summed E-state index contributed by atoms with van der Waals surface area (Å²) >= 11 is 0. The number of nitrogens with zero attached hydrogens (tertiary/aromatic N) is 1. The van der Waals surface area contributed by atoms with Crippen molar-refractivity contribution in [1.29, 1.82) is 0 Å². The highest BCUT2D eigenvalue weighted by Crippen LogP contribution is 2.22. The molecule has 0 saturated heterocycles. The van der Waals surface area contributed by atoms with Gasteiger partial charge in [-0.3, -0.25) is 4.98 Å². The molecule has 0 aliphatic carbocycles. The summed E-state index contributed by atoms with van der Waals surface area (Å²) in [6.45, 7) is 4.95. The topological polar surface area (TPSA) is 34.2 Å². The quantitative estimate of drug-likeness (QED) is 0.557. The molecular weight excluding hydrogens is 260 g/mol. The zero-order valence-electron chi connectivity index (χ0n) is 14.0. The van der Waals surface area contributed by atoms with Crippen LogP contribution in [0.5, 0.6) is 5.75 Å². The third-order valence-corrected chi connectivity index (χ3v) is 3.89. The van der Waals surface area contributed by atoms with Crippen LogP contribution in [-0.4, -0.2) is 18.6 Å². The second kappa shape index (κ2) is 11.6. The molecule has 0 aromatic carbocycles. The predicted octanol–water partition coefficient (Wildman–Crippen LogP) is 4.88. The maximum absolute atomic E-state index is 5.53. The molecule has 1 heterocycles. The summed E-state index contributed by atoms with van der Waals surface area (Å²) in [5.74, 6) is 0.870. The Morgan fingerprint density at radius 2 is 1.76 bits per heavy atom. The van der Waals surface area contributed by atoms with Crippen molar-refractivity contribution in [3.8, 4) is 5.75 Å². The Balaban J connectivity index is 2.32. The molecule has 0 aliphatic heterocycles. The van der Waals surface area contributed by atoms with E-state index in [1.54, 1.807) is 6.20 Å². The van der Waals surface area contributed by atoms with E-state index in [1.807, 2.05) is 20.2 Å². The first-order chi connectivity index (χ1) is 10.3. The highest BCUT2D eigenvalue weighted by Gasteiger charge is 2.10. The van der Waals surface area contributed by atoms with Crippen LogP contribution in [0.3, 0.4) is 0 Å². The van der Waals surface area contributed by atoms with Gasteiger partial charge < -0.3 is 10.1 Å². The van der Waals surface area contributed by atoms with Gasteiger partial charge in [-0.05, 0) is 32.0 Å². The number of aromatic nitrogens is 1. The fourth-order valence-electron chi connectivity index (χ4n) is 2.66. The largest absolute Gasteiger partial charge is 0.492 e. The molecule has 21 heavy (non-hydrogen) atoms. The molecule has 1 N–H and O–H groups in total. The van der Waals surface area contributed by atoms with Crippen molar-refractivity contribution in [2.45, 2.75) is 71.3 Å². The Hall–Kier alpha value is -1.09. The van der Waals surface area contributed by atoms with Gasteiger partial charge in [-0.1, -0.05) is 51.9 Å². The molecule has 0 saturated carbocycles. The molecule has 3 nitrogen and oxygen atoms in total. The van der Waals surface area contributed by atoms with Crippen LogP contribution in [0.4, 0.5) is 0 Å². The Kier molecular flexibility index (Phi) is 9.88. The summed E-state index contributed by atoms with van der Waals surface area (Å²) in [5, 5.41) is 3.40. The number of rotatable bonds is 12. The van der Waals surface area contributed by atoms with E-state index < -0.39 is 0 Å². The highest BCUT2D eigenvalue weighted by atomic mass is 16.5. The van der Waals surface area contributed by atoms with Gasteiger partial charge >= 0.3 is 0 Å². The maximum Gasteiger partial charge on any atom is 0.137 e. The smallest absolute Gasteiger partial charge is 0.137 e. The van der Waals surface area contributed by atoms with Gasteiger partial charge in [-0.2, -0.15) is 0 Å². The van der Waals surface area contributed by atoms with Crippen molar-refractivity contribution >= 4 is 0 Å². The van der Waals surface area contributed by atoms with Crippen molar-refractivity contribution in [3.05, 3.63) is 24.0 Å². The molecule has 3 heteroatoms. The van der Waals surface area contributed by atoms with E-state index in [-0.39, 0.29) is 0 Å². The van der Waals surface area contributed by atoms with E-state index in [0.29, 0.717) is 12.6 Å². The standard InChI is InChI=1S/C18H32N2O/c1-4-6-7-8-9-10-11-12-18(19-3)16-13-17(21-5-2)15-20-14-16/h13-15,18-19H,4-12H2,1-3H3. The Labute approximate surface area is 130 Å². The molecule has 1 rings (SSSR count). The van der Waals surface area contributed by atoms with E-state index in [2.05, 4.69) is 23.3 Å². The second-order valence-electron chi connectivity index (χ2n) is 5.64. The minimum atomic E-state index is 0.383. The monoisotopic (exact) mass is 292 g/mol. The molecule has 1 aromatic heterocycles. The van der Waals surface area contributed by atoms with Crippen molar-refractivity contribution in [2.24, 2.45) is 0 Å². The van der Waals surface area contributed by atoms with E-state index in [9.17, 15) is 0 Å². The fraction of sp³-hybridized carbons (Fsp3) is 0.722. The minimum Gasteiger partial charge on any atom is -0.492 e. The number of pyridine rings is 1. The lowest BCUT2D eigenvalue weighted by molar-refractivity contribution is 0.337. The Morgan fingerprint density at radius 1 is 1.05 bits per heavy atom. The van der Waals surface area contributed by atoms with Gasteiger partial charge in [0.15, 0.2) is 0 Å². The number of hydrogen-bond acceptors (Lipinski definition) is 3. The van der Waals surface area contributed by atoms with Gasteiger partial charge in [0.05, 0.1) is 12.8 Å². The lowest BCUT2D eigenvalue weighted by Gasteiger charge is -2.17. The molecule has 0 spiro atoms. The van der Waals surface area contributed by atoms with E-state index in [0.717, 1.165) is 5.75 Å². The molecule has 1 atom stereocenters. The lowest BCUT2D eigenvalue weighted by Crippen LogP contribution is -2.16. The van der Waals surface area contributed by atoms with Gasteiger partial charge in [-0.25, -0.2) is 0 Å². The molecule has 120 valence electrons. The third-order valence-electron chi connectivity index (χ3n) is 3.89. The van der Waals surface area contributed by atoms with Gasteiger partial charge in [-0.15, -0.1) is 0 Å². The Bertz CT molecular complexity index is 368. The zero-order valence-corrected chi connectivity index (χ0v) is 14.0. The number of unbranched alkanes of at least 4 members (excludes halogenated alkanes) is 6. The average molecular weight is 292 g/mol. The van der Waals surface area contributed by atoms with Crippen molar-refractivity contribution < 1.29 is 4.74 Å². The van der Waals surface area contributed by atoms with Crippen LogP contribution < -0.4 is 10.1 Å². The molecule has 0 radical (unpaired) electrons. The molecule has 1 aromatic rings. The summed E-state index contributed by atoms with van der Waals surface area (Å²) in [6.07, 6.45) is 14.4. The van der Waals surface area contributed by atoms with Crippen molar-refractivity contribution in [2.75, 3.05) is 13.7 Å². The number of hydrogen-bond donors (Lipinski definition) is 1. The number of ether oxygens (including phenoxy) is 1. The highest BCUT2D eigenvalue weighted by molar-refractivity contribution is 5.25. The molecular formula is C18H32N2O. The van der Waals surface area contributed by atoms with Gasteiger partial charge in [0.1, 0.15) is 5.75 Å². The first-order valence-corrected chi connectivity index (χ1v) is 8.56. The van der Waals surface area contributed by atoms with Crippen LogP contribution in [0, 0.1) is 0 Å². The normalized spacial score (nSPS) is 12.3. The van der Waals surface area contributed by atoms with E-state index >= 15 is 0 Å². The molecule has 1 unspecified atom stereocenters. The Morgan fingerprint density at radius 3 is 2.43 bits per heavy atom. The molecule has 0 amide bonds. The van der Waals surface area contributed by atoms with Gasteiger partial charge in [0, 0.05) is 12.2 Å². The van der Waals surface area contributed by atoms with E-state index in [4.69, 9.17) is 4.74 Å². The van der Waals surface area contributed by atoms with Crippen molar-refractivity contribution in [1.82, 2.24) is 10.3 Å². The fourth-order valence-corrected chi connectivity index (χ4v) is 2.66. The molecule has 0 fully saturated rings. The second-order valence-corrected chi connectivity index (χ2v) is 5.64. The van der Waals surface area contributed by atoms with Crippen LogP contribution in [0.15, 0.2) is 18.5 Å². The van der Waals surface area contributed by atoms with Crippen molar-refractivity contribution in [3.63, 3.8) is 0 Å². The number of nitrogens with one attached hydrogen (secondary N) is 1. The maximum atomic E-state index is 5.53. The minimum absolute atomic E-state index is 0.383. The average Bonchev–Trinajstić information content (AvgIpc) is 2.51. The van der Waals surface area contributed by atoms with Crippen LogP contribution in [0.2, 0.25) is 0 Å². The van der Waals surface area contributed by atoms with Gasteiger partial charge in [0.2, 0.25) is 0 Å². The summed E-state index contributed by atoms with van der Waals surface area (Å²) in [6, 6.07) is 2.49. The third kappa shape index (κ3) is 7.47. The van der Waals surface area contributed by atoms with Crippen LogP contribution in [-0.2, 0) is 0 Å². The summed E-state index contributed by atoms with van der Waals surface area (Å²) in [7, 11) is 2.03. The van der Waals surface area contributed by atoms with Gasteiger partial charge in [0.25, 0.3) is 0 Å². The first kappa shape index (κ1) is 18.0. The summed E-state index contributed by atoms with van der Waals surface area (Å²) in [5.41, 5.74) is 1.23. The SMILES string of the molecule is CCCCCCCCCC(NC)c1cncc(OCC)c1. The first-order valence-electron chi connectivity index (χ1n) is 8.56. The predicted molar refractivity (Wildman–Crippen MR) is 89.8 cm³/mol.